The highest BCUT2D eigenvalue weighted by Crippen LogP contribution is 2.20. The van der Waals surface area contributed by atoms with Gasteiger partial charge in [-0.25, -0.2) is 0 Å². The first-order valence-electron chi connectivity index (χ1n) is 6.84. The number of aryl methyl sites for hydroxylation is 2. The molecule has 0 spiro atoms. The zero-order valence-corrected chi connectivity index (χ0v) is 12.9. The average molecular weight is 306 g/mol. The molecule has 21 heavy (non-hydrogen) atoms. The first-order valence-corrected chi connectivity index (χ1v) is 8.17. The lowest BCUT2D eigenvalue weighted by Crippen LogP contribution is -2.16. The van der Waals surface area contributed by atoms with Crippen molar-refractivity contribution in [2.24, 2.45) is 0 Å². The molecule has 0 aliphatic rings. The van der Waals surface area contributed by atoms with Gasteiger partial charge in [-0.05, 0) is 48.2 Å². The normalized spacial score (nSPS) is 11.1. The lowest BCUT2D eigenvalue weighted by molar-refractivity contribution is 0.392. The fourth-order valence-corrected chi connectivity index (χ4v) is 2.60. The summed E-state index contributed by atoms with van der Waals surface area (Å²) in [6.45, 7) is 3.97. The lowest BCUT2D eigenvalue weighted by atomic mass is 10.2. The van der Waals surface area contributed by atoms with Crippen molar-refractivity contribution in [2.75, 3.05) is 0 Å². The first-order chi connectivity index (χ1) is 10.0. The van der Waals surface area contributed by atoms with E-state index in [4.69, 9.17) is 8.37 Å². The molecule has 0 aliphatic heterocycles. The number of hydrogen-bond acceptors (Lipinski definition) is 4. The predicted molar refractivity (Wildman–Crippen MR) is 81.8 cm³/mol. The molecule has 2 rings (SSSR count). The maximum atomic E-state index is 11.9. The molecule has 112 valence electrons. The fraction of sp³-hybridized carbons (Fsp3) is 0.250. The molecule has 5 heteroatoms. The van der Waals surface area contributed by atoms with Crippen LogP contribution in [-0.2, 0) is 23.2 Å². The van der Waals surface area contributed by atoms with Crippen LogP contribution >= 0.6 is 0 Å². The SMILES string of the molecule is CCc1cccc(OS(=O)(=O)Oc2cccc(CC)c2)c1. The largest absolute Gasteiger partial charge is 0.500 e. The molecule has 0 radical (unpaired) electrons. The van der Waals surface area contributed by atoms with Crippen LogP contribution in [0.15, 0.2) is 48.5 Å². The molecule has 0 atom stereocenters. The van der Waals surface area contributed by atoms with Crippen LogP contribution in [0.1, 0.15) is 25.0 Å². The quantitative estimate of drug-likeness (QED) is 0.819. The summed E-state index contributed by atoms with van der Waals surface area (Å²) in [5.41, 5.74) is 1.99. The van der Waals surface area contributed by atoms with E-state index in [2.05, 4.69) is 0 Å². The Kier molecular flexibility index (Phi) is 4.85. The minimum atomic E-state index is -4.14. The van der Waals surface area contributed by atoms with Crippen molar-refractivity contribution >= 4 is 10.4 Å². The molecule has 2 aromatic carbocycles. The van der Waals surface area contributed by atoms with Gasteiger partial charge in [-0.3, -0.25) is 0 Å². The van der Waals surface area contributed by atoms with E-state index in [-0.39, 0.29) is 11.5 Å². The average Bonchev–Trinajstić information content (AvgIpc) is 2.46. The molecule has 0 aliphatic carbocycles. The maximum absolute atomic E-state index is 11.9. The van der Waals surface area contributed by atoms with Crippen LogP contribution in [-0.4, -0.2) is 8.42 Å². The van der Waals surface area contributed by atoms with Crippen LogP contribution in [0.4, 0.5) is 0 Å². The maximum Gasteiger partial charge on any atom is 0.500 e. The summed E-state index contributed by atoms with van der Waals surface area (Å²) in [5.74, 6) is 0.502. The van der Waals surface area contributed by atoms with Gasteiger partial charge in [0, 0.05) is 0 Å². The Bertz CT molecular complexity index is 652. The molecule has 0 amide bonds. The number of rotatable bonds is 6. The summed E-state index contributed by atoms with van der Waals surface area (Å²) >= 11 is 0. The van der Waals surface area contributed by atoms with Gasteiger partial charge in [0.25, 0.3) is 0 Å². The van der Waals surface area contributed by atoms with Gasteiger partial charge >= 0.3 is 10.4 Å². The Morgan fingerprint density at radius 1 is 0.810 bits per heavy atom. The van der Waals surface area contributed by atoms with E-state index in [1.165, 1.54) is 0 Å². The Morgan fingerprint density at radius 3 is 1.62 bits per heavy atom. The molecule has 2 aromatic rings. The van der Waals surface area contributed by atoms with E-state index in [0.717, 1.165) is 24.0 Å². The fourth-order valence-electron chi connectivity index (χ4n) is 1.89. The number of benzene rings is 2. The molecule has 0 saturated carbocycles. The molecule has 0 saturated heterocycles. The van der Waals surface area contributed by atoms with Crippen LogP contribution in [0.5, 0.6) is 11.5 Å². The Hall–Kier alpha value is -2.01. The van der Waals surface area contributed by atoms with E-state index in [1.807, 2.05) is 26.0 Å². The molecule has 0 aromatic heterocycles. The van der Waals surface area contributed by atoms with Crippen LogP contribution in [0.25, 0.3) is 0 Å². The zero-order valence-electron chi connectivity index (χ0n) is 12.1. The highest BCUT2D eigenvalue weighted by atomic mass is 32.3. The van der Waals surface area contributed by atoms with E-state index in [9.17, 15) is 8.42 Å². The molecule has 0 N–H and O–H groups in total. The van der Waals surface area contributed by atoms with Gasteiger partial charge in [-0.2, -0.15) is 0 Å². The van der Waals surface area contributed by atoms with Crippen molar-refractivity contribution < 1.29 is 16.8 Å². The molecule has 0 heterocycles. The van der Waals surface area contributed by atoms with E-state index in [1.54, 1.807) is 36.4 Å². The highest BCUT2D eigenvalue weighted by Gasteiger charge is 2.16. The summed E-state index contributed by atoms with van der Waals surface area (Å²) < 4.78 is 33.8. The van der Waals surface area contributed by atoms with Crippen LogP contribution < -0.4 is 8.37 Å². The smallest absolute Gasteiger partial charge is 0.353 e. The van der Waals surface area contributed by atoms with E-state index < -0.39 is 10.4 Å². The summed E-state index contributed by atoms with van der Waals surface area (Å²) in [6, 6.07) is 13.9. The monoisotopic (exact) mass is 306 g/mol. The van der Waals surface area contributed by atoms with Gasteiger partial charge in [-0.1, -0.05) is 38.1 Å². The minimum Gasteiger partial charge on any atom is -0.353 e. The van der Waals surface area contributed by atoms with Gasteiger partial charge in [0.15, 0.2) is 0 Å². The van der Waals surface area contributed by atoms with Crippen molar-refractivity contribution in [1.82, 2.24) is 0 Å². The van der Waals surface area contributed by atoms with Crippen molar-refractivity contribution in [3.05, 3.63) is 59.7 Å². The molecule has 4 nitrogen and oxygen atoms in total. The third-order valence-corrected chi connectivity index (χ3v) is 3.80. The van der Waals surface area contributed by atoms with Gasteiger partial charge < -0.3 is 8.37 Å². The van der Waals surface area contributed by atoms with Crippen molar-refractivity contribution in [3.8, 4) is 11.5 Å². The second kappa shape index (κ2) is 6.63. The Balaban J connectivity index is 2.14. The molecule has 0 unspecified atom stereocenters. The summed E-state index contributed by atoms with van der Waals surface area (Å²) in [4.78, 5) is 0. The topological polar surface area (TPSA) is 52.6 Å². The number of hydrogen-bond donors (Lipinski definition) is 0. The van der Waals surface area contributed by atoms with Gasteiger partial charge in [0.05, 0.1) is 0 Å². The van der Waals surface area contributed by atoms with Crippen molar-refractivity contribution in [2.45, 2.75) is 26.7 Å². The first kappa shape index (κ1) is 15.4. The van der Waals surface area contributed by atoms with Crippen LogP contribution in [0.3, 0.4) is 0 Å². The highest BCUT2D eigenvalue weighted by molar-refractivity contribution is 7.82. The molecule has 0 bridgehead atoms. The van der Waals surface area contributed by atoms with Crippen molar-refractivity contribution in [1.29, 1.82) is 0 Å². The molecular formula is C16H18O4S. The molecule has 0 fully saturated rings. The third kappa shape index (κ3) is 4.49. The van der Waals surface area contributed by atoms with E-state index >= 15 is 0 Å². The Morgan fingerprint density at radius 2 is 1.24 bits per heavy atom. The minimum absolute atomic E-state index is 0.251. The second-order valence-corrected chi connectivity index (χ2v) is 5.73. The summed E-state index contributed by atoms with van der Waals surface area (Å²) in [7, 11) is -4.14. The third-order valence-electron chi connectivity index (χ3n) is 3.01. The second-order valence-electron chi connectivity index (χ2n) is 4.58. The standard InChI is InChI=1S/C16H18O4S/c1-3-13-7-5-9-15(11-13)19-21(17,18)20-16-10-6-8-14(4-2)12-16/h5-12H,3-4H2,1-2H3. The lowest BCUT2D eigenvalue weighted by Gasteiger charge is -2.09. The van der Waals surface area contributed by atoms with Crippen LogP contribution in [0.2, 0.25) is 0 Å². The summed E-state index contributed by atoms with van der Waals surface area (Å²) in [6.07, 6.45) is 1.60. The van der Waals surface area contributed by atoms with Gasteiger partial charge in [-0.15, -0.1) is 8.42 Å². The van der Waals surface area contributed by atoms with Crippen LogP contribution in [0, 0.1) is 0 Å². The zero-order chi connectivity index (χ0) is 15.3. The van der Waals surface area contributed by atoms with Crippen molar-refractivity contribution in [3.63, 3.8) is 0 Å². The molecular weight excluding hydrogens is 288 g/mol. The van der Waals surface area contributed by atoms with Gasteiger partial charge in [0.2, 0.25) is 0 Å². The predicted octanol–water partition coefficient (Wildman–Crippen LogP) is 3.51. The Labute approximate surface area is 125 Å². The van der Waals surface area contributed by atoms with E-state index in [0.29, 0.717) is 0 Å². The summed E-state index contributed by atoms with van der Waals surface area (Å²) in [5, 5.41) is 0. The van der Waals surface area contributed by atoms with Gasteiger partial charge in [0.1, 0.15) is 11.5 Å².